The summed E-state index contributed by atoms with van der Waals surface area (Å²) in [7, 11) is 1.65. The van der Waals surface area contributed by atoms with Crippen molar-refractivity contribution in [3.05, 3.63) is 59.8 Å². The third kappa shape index (κ3) is 4.03. The molecule has 30 heavy (non-hydrogen) atoms. The van der Waals surface area contributed by atoms with E-state index in [2.05, 4.69) is 25.7 Å². The van der Waals surface area contributed by atoms with Crippen LogP contribution in [0.4, 0.5) is 0 Å². The van der Waals surface area contributed by atoms with Gasteiger partial charge in [-0.3, -0.25) is 4.79 Å². The predicted molar refractivity (Wildman–Crippen MR) is 115 cm³/mol. The Balaban J connectivity index is 1.37. The van der Waals surface area contributed by atoms with Crippen molar-refractivity contribution in [2.75, 3.05) is 13.7 Å². The van der Waals surface area contributed by atoms with Gasteiger partial charge in [0.2, 0.25) is 5.82 Å². The highest BCUT2D eigenvalue weighted by atomic mass is 16.5. The number of benzene rings is 2. The van der Waals surface area contributed by atoms with E-state index in [0.29, 0.717) is 17.9 Å². The molecule has 0 saturated carbocycles. The molecule has 0 aliphatic carbocycles. The number of hydrogen-bond donors (Lipinski definition) is 2. The minimum absolute atomic E-state index is 0.113. The lowest BCUT2D eigenvalue weighted by atomic mass is 10.1. The van der Waals surface area contributed by atoms with Crippen LogP contribution in [0.2, 0.25) is 0 Å². The molecule has 2 aromatic heterocycles. The largest absolute Gasteiger partial charge is 0.497 e. The number of ether oxygens (including phenoxy) is 1. The quantitative estimate of drug-likeness (QED) is 0.492. The molecule has 0 unspecified atom stereocenters. The van der Waals surface area contributed by atoms with E-state index in [1.807, 2.05) is 50.4 Å². The molecular weight excluding hydrogens is 380 g/mol. The van der Waals surface area contributed by atoms with Gasteiger partial charge >= 0.3 is 0 Å². The van der Waals surface area contributed by atoms with Gasteiger partial charge in [-0.15, -0.1) is 10.2 Å². The first-order chi connectivity index (χ1) is 14.5. The van der Waals surface area contributed by atoms with Gasteiger partial charge in [-0.1, -0.05) is 12.1 Å². The molecule has 2 heterocycles. The summed E-state index contributed by atoms with van der Waals surface area (Å²) >= 11 is 0. The standard InChI is InChI=1S/C22H24N6O2/c1-14(2)28-26-21(25-27-28)15-4-6-16(7-5-15)22(29)23-11-10-17-13-24-20-9-8-18(30-3)12-19(17)20/h4-9,12-14,24H,10-11H2,1-3H3,(H,23,29). The highest BCUT2D eigenvalue weighted by molar-refractivity contribution is 5.94. The Labute approximate surface area is 174 Å². The maximum absolute atomic E-state index is 12.5. The van der Waals surface area contributed by atoms with Crippen LogP contribution in [0.25, 0.3) is 22.3 Å². The average Bonchev–Trinajstić information content (AvgIpc) is 3.41. The number of amides is 1. The molecule has 2 aromatic carbocycles. The fraction of sp³-hybridized carbons (Fsp3) is 0.273. The highest BCUT2D eigenvalue weighted by Crippen LogP contribution is 2.23. The van der Waals surface area contributed by atoms with E-state index in [0.717, 1.165) is 34.2 Å². The van der Waals surface area contributed by atoms with Crippen LogP contribution in [0.5, 0.6) is 5.75 Å². The number of hydrogen-bond acceptors (Lipinski definition) is 5. The second kappa shape index (κ2) is 8.36. The van der Waals surface area contributed by atoms with Crippen LogP contribution in [0, 0.1) is 0 Å². The summed E-state index contributed by atoms with van der Waals surface area (Å²) in [5, 5.41) is 16.5. The average molecular weight is 404 g/mol. The Morgan fingerprint density at radius 3 is 2.70 bits per heavy atom. The minimum Gasteiger partial charge on any atom is -0.497 e. The van der Waals surface area contributed by atoms with Gasteiger partial charge in [-0.25, -0.2) is 0 Å². The first-order valence-corrected chi connectivity index (χ1v) is 9.87. The highest BCUT2D eigenvalue weighted by Gasteiger charge is 2.11. The molecule has 8 heteroatoms. The number of nitrogens with one attached hydrogen (secondary N) is 2. The summed E-state index contributed by atoms with van der Waals surface area (Å²) in [6, 6.07) is 13.3. The molecule has 2 N–H and O–H groups in total. The number of H-pyrrole nitrogens is 1. The second-order valence-electron chi connectivity index (χ2n) is 7.34. The molecule has 0 atom stereocenters. The Hall–Kier alpha value is -3.68. The molecule has 4 rings (SSSR count). The zero-order valence-electron chi connectivity index (χ0n) is 17.2. The number of fused-ring (bicyclic) bond motifs is 1. The van der Waals surface area contributed by atoms with Crippen molar-refractivity contribution in [1.82, 2.24) is 30.5 Å². The normalized spacial score (nSPS) is 11.2. The van der Waals surface area contributed by atoms with Gasteiger partial charge in [-0.2, -0.15) is 4.80 Å². The zero-order chi connectivity index (χ0) is 21.1. The lowest BCUT2D eigenvalue weighted by molar-refractivity contribution is 0.0954. The topological polar surface area (TPSA) is 97.7 Å². The third-order valence-corrected chi connectivity index (χ3v) is 4.95. The van der Waals surface area contributed by atoms with Crippen molar-refractivity contribution in [2.24, 2.45) is 0 Å². The number of nitrogens with zero attached hydrogens (tertiary/aromatic N) is 4. The first kappa shape index (κ1) is 19.6. The van der Waals surface area contributed by atoms with Gasteiger partial charge < -0.3 is 15.0 Å². The van der Waals surface area contributed by atoms with Crippen LogP contribution < -0.4 is 10.1 Å². The van der Waals surface area contributed by atoms with Gasteiger partial charge in [0.15, 0.2) is 0 Å². The van der Waals surface area contributed by atoms with Crippen LogP contribution in [-0.2, 0) is 6.42 Å². The fourth-order valence-electron chi connectivity index (χ4n) is 3.23. The Bertz CT molecular complexity index is 1160. The first-order valence-electron chi connectivity index (χ1n) is 9.87. The number of rotatable bonds is 7. The van der Waals surface area contributed by atoms with Crippen molar-refractivity contribution in [3.63, 3.8) is 0 Å². The van der Waals surface area contributed by atoms with Crippen molar-refractivity contribution < 1.29 is 9.53 Å². The maximum Gasteiger partial charge on any atom is 0.251 e. The van der Waals surface area contributed by atoms with E-state index in [1.165, 1.54) is 0 Å². The molecule has 0 bridgehead atoms. The van der Waals surface area contributed by atoms with E-state index in [-0.39, 0.29) is 11.9 Å². The van der Waals surface area contributed by atoms with Gasteiger partial charge in [0.1, 0.15) is 5.75 Å². The summed E-state index contributed by atoms with van der Waals surface area (Å²) < 4.78 is 5.30. The zero-order valence-corrected chi connectivity index (χ0v) is 17.2. The van der Waals surface area contributed by atoms with Crippen LogP contribution >= 0.6 is 0 Å². The van der Waals surface area contributed by atoms with Crippen molar-refractivity contribution in [2.45, 2.75) is 26.3 Å². The molecule has 8 nitrogen and oxygen atoms in total. The molecule has 0 radical (unpaired) electrons. The minimum atomic E-state index is -0.113. The molecule has 0 saturated heterocycles. The molecule has 0 aliphatic heterocycles. The van der Waals surface area contributed by atoms with Gasteiger partial charge in [0.05, 0.1) is 13.2 Å². The number of tetrazole rings is 1. The van der Waals surface area contributed by atoms with Crippen LogP contribution in [-0.4, -0.2) is 44.8 Å². The van der Waals surface area contributed by atoms with E-state index in [4.69, 9.17) is 4.74 Å². The molecule has 0 aliphatic rings. The van der Waals surface area contributed by atoms with Gasteiger partial charge in [0.25, 0.3) is 5.91 Å². The van der Waals surface area contributed by atoms with Gasteiger partial charge in [0, 0.05) is 34.8 Å². The van der Waals surface area contributed by atoms with Crippen molar-refractivity contribution >= 4 is 16.8 Å². The maximum atomic E-state index is 12.5. The smallest absolute Gasteiger partial charge is 0.251 e. The van der Waals surface area contributed by atoms with Gasteiger partial charge in [-0.05, 0) is 61.4 Å². The monoisotopic (exact) mass is 404 g/mol. The fourth-order valence-corrected chi connectivity index (χ4v) is 3.23. The molecular formula is C22H24N6O2. The summed E-state index contributed by atoms with van der Waals surface area (Å²) in [5.41, 5.74) is 3.61. The molecule has 0 spiro atoms. The number of carbonyl (C=O) groups is 1. The SMILES string of the molecule is COc1ccc2[nH]cc(CCNC(=O)c3ccc(-c4nnn(C(C)C)n4)cc3)c2c1. The van der Waals surface area contributed by atoms with Crippen LogP contribution in [0.1, 0.15) is 35.8 Å². The lowest BCUT2D eigenvalue weighted by Gasteiger charge is -2.06. The van der Waals surface area contributed by atoms with Crippen LogP contribution in [0.15, 0.2) is 48.7 Å². The number of aromatic amines is 1. The molecule has 4 aromatic rings. The predicted octanol–water partition coefficient (Wildman–Crippen LogP) is 3.38. The van der Waals surface area contributed by atoms with Crippen molar-refractivity contribution in [3.8, 4) is 17.1 Å². The van der Waals surface area contributed by atoms with E-state index in [1.54, 1.807) is 24.0 Å². The summed E-state index contributed by atoms with van der Waals surface area (Å²) in [6.07, 6.45) is 2.70. The van der Waals surface area contributed by atoms with E-state index in [9.17, 15) is 4.79 Å². The molecule has 154 valence electrons. The molecule has 0 fully saturated rings. The van der Waals surface area contributed by atoms with E-state index < -0.39 is 0 Å². The van der Waals surface area contributed by atoms with Crippen molar-refractivity contribution in [1.29, 1.82) is 0 Å². The summed E-state index contributed by atoms with van der Waals surface area (Å²) in [4.78, 5) is 17.3. The Morgan fingerprint density at radius 1 is 1.20 bits per heavy atom. The summed E-state index contributed by atoms with van der Waals surface area (Å²) in [6.45, 7) is 4.52. The third-order valence-electron chi connectivity index (χ3n) is 4.95. The Kier molecular flexibility index (Phi) is 5.47. The number of aromatic nitrogens is 5. The number of carbonyl (C=O) groups excluding carboxylic acids is 1. The number of methoxy groups -OCH3 is 1. The lowest BCUT2D eigenvalue weighted by Crippen LogP contribution is -2.25. The molecule has 1 amide bonds. The second-order valence-corrected chi connectivity index (χ2v) is 7.34. The van der Waals surface area contributed by atoms with Crippen LogP contribution in [0.3, 0.4) is 0 Å². The Morgan fingerprint density at radius 2 is 2.00 bits per heavy atom. The summed E-state index contributed by atoms with van der Waals surface area (Å²) in [5.74, 6) is 1.25. The van der Waals surface area contributed by atoms with E-state index >= 15 is 0 Å².